The SMILES string of the molecule is CC1=CC2OC2CC1. The number of fused-ring (bicyclic) bond motifs is 1. The maximum absolute atomic E-state index is 5.27. The number of epoxide rings is 1. The van der Waals surface area contributed by atoms with E-state index in [1.807, 2.05) is 0 Å². The lowest BCUT2D eigenvalue weighted by Crippen LogP contribution is -1.98. The Morgan fingerprint density at radius 1 is 1.75 bits per heavy atom. The van der Waals surface area contributed by atoms with Crippen LogP contribution in [0.1, 0.15) is 19.8 Å². The molecule has 8 heavy (non-hydrogen) atoms. The third-order valence-corrected chi connectivity index (χ3v) is 1.89. The lowest BCUT2D eigenvalue weighted by Gasteiger charge is -2.01. The Bertz CT molecular complexity index is 137. The van der Waals surface area contributed by atoms with Gasteiger partial charge >= 0.3 is 0 Å². The molecule has 0 radical (unpaired) electrons. The van der Waals surface area contributed by atoms with Crippen molar-refractivity contribution >= 4 is 0 Å². The van der Waals surface area contributed by atoms with Gasteiger partial charge in [-0.05, 0) is 19.8 Å². The van der Waals surface area contributed by atoms with Crippen LogP contribution in [-0.4, -0.2) is 12.2 Å². The van der Waals surface area contributed by atoms with Crippen molar-refractivity contribution in [1.29, 1.82) is 0 Å². The molecule has 1 aliphatic heterocycles. The summed E-state index contributed by atoms with van der Waals surface area (Å²) in [6.45, 7) is 2.18. The minimum atomic E-state index is 0.517. The minimum absolute atomic E-state index is 0.517. The number of hydrogen-bond acceptors (Lipinski definition) is 1. The van der Waals surface area contributed by atoms with Gasteiger partial charge in [-0.25, -0.2) is 0 Å². The molecule has 1 saturated heterocycles. The molecule has 2 aliphatic rings. The van der Waals surface area contributed by atoms with Gasteiger partial charge in [0.15, 0.2) is 0 Å². The zero-order valence-electron chi connectivity index (χ0n) is 5.05. The fourth-order valence-electron chi connectivity index (χ4n) is 1.27. The highest BCUT2D eigenvalue weighted by Gasteiger charge is 2.38. The number of allylic oxidation sites excluding steroid dienone is 1. The Kier molecular flexibility index (Phi) is 0.770. The Morgan fingerprint density at radius 2 is 2.62 bits per heavy atom. The molecule has 0 saturated carbocycles. The van der Waals surface area contributed by atoms with Crippen molar-refractivity contribution in [2.45, 2.75) is 32.0 Å². The van der Waals surface area contributed by atoms with Gasteiger partial charge in [0.25, 0.3) is 0 Å². The van der Waals surface area contributed by atoms with Gasteiger partial charge in [-0.3, -0.25) is 0 Å². The van der Waals surface area contributed by atoms with Crippen molar-refractivity contribution < 1.29 is 4.74 Å². The fraction of sp³-hybridized carbons (Fsp3) is 0.714. The smallest absolute Gasteiger partial charge is 0.103 e. The summed E-state index contributed by atoms with van der Waals surface area (Å²) in [5, 5.41) is 0. The molecular formula is C7H10O. The highest BCUT2D eigenvalue weighted by molar-refractivity contribution is 5.14. The zero-order valence-corrected chi connectivity index (χ0v) is 5.05. The van der Waals surface area contributed by atoms with Gasteiger partial charge in [0.2, 0.25) is 0 Å². The molecule has 0 N–H and O–H groups in total. The Hall–Kier alpha value is -0.300. The average Bonchev–Trinajstić information content (AvgIpc) is 2.43. The van der Waals surface area contributed by atoms with Crippen LogP contribution in [0.4, 0.5) is 0 Å². The first-order valence-electron chi connectivity index (χ1n) is 3.19. The molecule has 44 valence electrons. The highest BCUT2D eigenvalue weighted by atomic mass is 16.6. The van der Waals surface area contributed by atoms with E-state index in [0.717, 1.165) is 0 Å². The van der Waals surface area contributed by atoms with Crippen LogP contribution in [0.2, 0.25) is 0 Å². The third-order valence-electron chi connectivity index (χ3n) is 1.89. The van der Waals surface area contributed by atoms with Crippen molar-refractivity contribution in [1.82, 2.24) is 0 Å². The van der Waals surface area contributed by atoms with Crippen LogP contribution in [0, 0.1) is 0 Å². The summed E-state index contributed by atoms with van der Waals surface area (Å²) in [5.41, 5.74) is 1.50. The van der Waals surface area contributed by atoms with Crippen LogP contribution in [0.3, 0.4) is 0 Å². The molecule has 2 atom stereocenters. The molecule has 1 fully saturated rings. The summed E-state index contributed by atoms with van der Waals surface area (Å²) in [6.07, 6.45) is 5.88. The van der Waals surface area contributed by atoms with Crippen LogP contribution in [0.5, 0.6) is 0 Å². The Morgan fingerprint density at radius 3 is 3.25 bits per heavy atom. The molecule has 1 heterocycles. The second-order valence-electron chi connectivity index (χ2n) is 2.69. The maximum Gasteiger partial charge on any atom is 0.103 e. The van der Waals surface area contributed by atoms with E-state index >= 15 is 0 Å². The first-order chi connectivity index (χ1) is 3.86. The number of hydrogen-bond donors (Lipinski definition) is 0. The summed E-state index contributed by atoms with van der Waals surface area (Å²) in [5.74, 6) is 0. The standard InChI is InChI=1S/C7H10O/c1-5-2-3-6-7(4-5)8-6/h4,6-7H,2-3H2,1H3. The molecule has 0 spiro atoms. The first kappa shape index (κ1) is 4.57. The number of ether oxygens (including phenoxy) is 1. The Labute approximate surface area is 49.3 Å². The van der Waals surface area contributed by atoms with Crippen molar-refractivity contribution in [3.05, 3.63) is 11.6 Å². The lowest BCUT2D eigenvalue weighted by atomic mass is 10.0. The number of rotatable bonds is 0. The van der Waals surface area contributed by atoms with Crippen LogP contribution in [0.25, 0.3) is 0 Å². The summed E-state index contributed by atoms with van der Waals surface area (Å²) >= 11 is 0. The van der Waals surface area contributed by atoms with Crippen molar-refractivity contribution in [2.24, 2.45) is 0 Å². The summed E-state index contributed by atoms with van der Waals surface area (Å²) in [6, 6.07) is 0. The largest absolute Gasteiger partial charge is 0.365 e. The van der Waals surface area contributed by atoms with E-state index in [-0.39, 0.29) is 0 Å². The van der Waals surface area contributed by atoms with E-state index < -0.39 is 0 Å². The molecule has 1 nitrogen and oxygen atoms in total. The Balaban J connectivity index is 2.15. The molecule has 1 heteroatoms. The summed E-state index contributed by atoms with van der Waals surface area (Å²) in [7, 11) is 0. The van der Waals surface area contributed by atoms with Crippen LogP contribution >= 0.6 is 0 Å². The van der Waals surface area contributed by atoms with Gasteiger partial charge in [-0.15, -0.1) is 0 Å². The van der Waals surface area contributed by atoms with Gasteiger partial charge in [-0.2, -0.15) is 0 Å². The van der Waals surface area contributed by atoms with E-state index in [4.69, 9.17) is 4.74 Å². The van der Waals surface area contributed by atoms with Crippen LogP contribution in [0.15, 0.2) is 11.6 Å². The van der Waals surface area contributed by atoms with E-state index in [0.29, 0.717) is 12.2 Å². The molecule has 2 unspecified atom stereocenters. The van der Waals surface area contributed by atoms with Gasteiger partial charge in [-0.1, -0.05) is 11.6 Å². The lowest BCUT2D eigenvalue weighted by molar-refractivity contribution is 0.385. The predicted molar refractivity (Wildman–Crippen MR) is 31.7 cm³/mol. The highest BCUT2D eigenvalue weighted by Crippen LogP contribution is 2.34. The van der Waals surface area contributed by atoms with E-state index in [2.05, 4.69) is 13.0 Å². The van der Waals surface area contributed by atoms with E-state index in [9.17, 15) is 0 Å². The van der Waals surface area contributed by atoms with Crippen molar-refractivity contribution in [2.75, 3.05) is 0 Å². The molecule has 0 aromatic carbocycles. The maximum atomic E-state index is 5.27. The van der Waals surface area contributed by atoms with Gasteiger partial charge in [0.1, 0.15) is 6.10 Å². The van der Waals surface area contributed by atoms with E-state index in [1.54, 1.807) is 0 Å². The van der Waals surface area contributed by atoms with Crippen molar-refractivity contribution in [3.8, 4) is 0 Å². The minimum Gasteiger partial charge on any atom is -0.365 e. The summed E-state index contributed by atoms with van der Waals surface area (Å²) < 4.78 is 5.27. The van der Waals surface area contributed by atoms with E-state index in [1.165, 1.54) is 18.4 Å². The predicted octanol–water partition coefficient (Wildman–Crippen LogP) is 1.49. The second kappa shape index (κ2) is 1.35. The fourth-order valence-corrected chi connectivity index (χ4v) is 1.27. The van der Waals surface area contributed by atoms with Crippen LogP contribution in [-0.2, 0) is 4.74 Å². The average molecular weight is 110 g/mol. The molecular weight excluding hydrogens is 100 g/mol. The summed E-state index contributed by atoms with van der Waals surface area (Å²) in [4.78, 5) is 0. The van der Waals surface area contributed by atoms with Gasteiger partial charge in [0, 0.05) is 0 Å². The molecule has 1 aliphatic carbocycles. The molecule has 2 rings (SSSR count). The monoisotopic (exact) mass is 110 g/mol. The topological polar surface area (TPSA) is 12.5 Å². The zero-order chi connectivity index (χ0) is 5.56. The molecule has 0 amide bonds. The van der Waals surface area contributed by atoms with Crippen molar-refractivity contribution in [3.63, 3.8) is 0 Å². The normalized spacial score (nSPS) is 42.9. The second-order valence-corrected chi connectivity index (χ2v) is 2.69. The third kappa shape index (κ3) is 0.583. The molecule has 0 aromatic heterocycles. The van der Waals surface area contributed by atoms with Crippen LogP contribution < -0.4 is 0 Å². The quantitative estimate of drug-likeness (QED) is 0.340. The van der Waals surface area contributed by atoms with Gasteiger partial charge < -0.3 is 4.74 Å². The first-order valence-corrected chi connectivity index (χ1v) is 3.19. The molecule has 0 bridgehead atoms. The molecule has 0 aromatic rings. The van der Waals surface area contributed by atoms with Gasteiger partial charge in [0.05, 0.1) is 6.10 Å².